The van der Waals surface area contributed by atoms with Crippen molar-refractivity contribution in [2.45, 2.75) is 13.8 Å². The topological polar surface area (TPSA) is 82.4 Å². The highest BCUT2D eigenvalue weighted by Crippen LogP contribution is 2.32. The summed E-state index contributed by atoms with van der Waals surface area (Å²) < 4.78 is 13.0. The number of nitrogens with zero attached hydrogens (tertiary/aromatic N) is 2. The number of benzene rings is 1. The summed E-state index contributed by atoms with van der Waals surface area (Å²) in [6.45, 7) is 3.46. The number of hydrogen-bond donors (Lipinski definition) is 1. The van der Waals surface area contributed by atoms with Gasteiger partial charge in [-0.25, -0.2) is 0 Å². The van der Waals surface area contributed by atoms with Gasteiger partial charge >= 0.3 is 0 Å². The van der Waals surface area contributed by atoms with Crippen LogP contribution in [0.3, 0.4) is 0 Å². The number of aromatic nitrogens is 2. The van der Waals surface area contributed by atoms with Gasteiger partial charge in [0.15, 0.2) is 24.4 Å². The van der Waals surface area contributed by atoms with Crippen LogP contribution in [0.1, 0.15) is 21.7 Å². The second-order valence-electron chi connectivity index (χ2n) is 5.15. The fourth-order valence-electron chi connectivity index (χ4n) is 2.19. The van der Waals surface area contributed by atoms with Crippen molar-refractivity contribution < 1.29 is 19.1 Å². The van der Waals surface area contributed by atoms with Crippen molar-refractivity contribution in [2.24, 2.45) is 7.05 Å². The molecule has 0 unspecified atom stereocenters. The van der Waals surface area contributed by atoms with Crippen LogP contribution in [0.15, 0.2) is 16.6 Å². The monoisotopic (exact) mass is 395 g/mol. The summed E-state index contributed by atoms with van der Waals surface area (Å²) in [5.41, 5.74) is 2.66. The fraction of sp³-hybridized carbons (Fsp3) is 0.312. The van der Waals surface area contributed by atoms with E-state index < -0.39 is 0 Å². The van der Waals surface area contributed by atoms with Gasteiger partial charge in [-0.3, -0.25) is 14.3 Å². The first-order valence-electron chi connectivity index (χ1n) is 7.13. The molecule has 0 aliphatic heterocycles. The zero-order chi connectivity index (χ0) is 17.9. The zero-order valence-electron chi connectivity index (χ0n) is 13.8. The summed E-state index contributed by atoms with van der Waals surface area (Å²) in [4.78, 5) is 23.1. The van der Waals surface area contributed by atoms with Crippen LogP contribution in [0.25, 0.3) is 0 Å². The first kappa shape index (κ1) is 18.0. The number of carbonyl (C=O) groups excluding carboxylic acids is 2. The van der Waals surface area contributed by atoms with Gasteiger partial charge in [0, 0.05) is 17.1 Å². The summed E-state index contributed by atoms with van der Waals surface area (Å²) in [6, 6.07) is 3.14. The molecule has 0 saturated heterocycles. The Labute approximate surface area is 148 Å². The number of ether oxygens (including phenoxy) is 2. The Hall–Kier alpha value is -2.35. The van der Waals surface area contributed by atoms with Gasteiger partial charge < -0.3 is 14.8 Å². The molecule has 0 saturated carbocycles. The average molecular weight is 396 g/mol. The highest BCUT2D eigenvalue weighted by Gasteiger charge is 2.15. The normalized spacial score (nSPS) is 10.4. The number of rotatable bonds is 6. The van der Waals surface area contributed by atoms with Crippen molar-refractivity contribution in [2.75, 3.05) is 19.0 Å². The summed E-state index contributed by atoms with van der Waals surface area (Å²) in [7, 11) is 3.29. The van der Waals surface area contributed by atoms with Gasteiger partial charge in [-0.05, 0) is 41.9 Å². The number of aldehydes is 1. The van der Waals surface area contributed by atoms with Crippen molar-refractivity contribution in [3.8, 4) is 11.5 Å². The predicted octanol–water partition coefficient (Wildman–Crippen LogP) is 2.64. The fourth-order valence-corrected chi connectivity index (χ4v) is 2.60. The molecule has 0 radical (unpaired) electrons. The third-order valence-electron chi connectivity index (χ3n) is 3.54. The van der Waals surface area contributed by atoms with E-state index in [9.17, 15) is 9.59 Å². The minimum atomic E-state index is -0.327. The summed E-state index contributed by atoms with van der Waals surface area (Å²) in [5.74, 6) is 0.415. The van der Waals surface area contributed by atoms with E-state index in [0.717, 1.165) is 11.4 Å². The minimum absolute atomic E-state index is 0.218. The molecular formula is C16H18BrN3O4. The molecule has 1 heterocycles. The van der Waals surface area contributed by atoms with E-state index in [1.807, 2.05) is 20.9 Å². The molecule has 1 aromatic carbocycles. The quantitative estimate of drug-likeness (QED) is 0.760. The van der Waals surface area contributed by atoms with Crippen LogP contribution in [0.4, 0.5) is 5.69 Å². The van der Waals surface area contributed by atoms with Gasteiger partial charge in [-0.15, -0.1) is 0 Å². The molecule has 1 amide bonds. The molecule has 128 valence electrons. The number of aryl methyl sites for hydroxylation is 2. The van der Waals surface area contributed by atoms with Crippen molar-refractivity contribution in [1.29, 1.82) is 0 Å². The van der Waals surface area contributed by atoms with E-state index in [1.165, 1.54) is 13.2 Å². The summed E-state index contributed by atoms with van der Waals surface area (Å²) in [5, 5.41) is 7.02. The second kappa shape index (κ2) is 7.48. The average Bonchev–Trinajstić information content (AvgIpc) is 2.79. The number of hydrogen-bond acceptors (Lipinski definition) is 5. The molecule has 24 heavy (non-hydrogen) atoms. The lowest BCUT2D eigenvalue weighted by molar-refractivity contribution is -0.118. The van der Waals surface area contributed by atoms with Crippen LogP contribution in [-0.4, -0.2) is 35.7 Å². The number of methoxy groups -OCH3 is 1. The van der Waals surface area contributed by atoms with E-state index in [2.05, 4.69) is 26.3 Å². The Kier molecular flexibility index (Phi) is 5.61. The van der Waals surface area contributed by atoms with Crippen molar-refractivity contribution in [3.63, 3.8) is 0 Å². The number of anilines is 1. The van der Waals surface area contributed by atoms with Gasteiger partial charge in [0.2, 0.25) is 0 Å². The van der Waals surface area contributed by atoms with Gasteiger partial charge in [-0.1, -0.05) is 0 Å². The first-order valence-corrected chi connectivity index (χ1v) is 7.92. The lowest BCUT2D eigenvalue weighted by Crippen LogP contribution is -2.21. The number of amides is 1. The molecule has 0 aliphatic carbocycles. The van der Waals surface area contributed by atoms with Crippen molar-refractivity contribution >= 4 is 33.8 Å². The Balaban J connectivity index is 2.10. The highest BCUT2D eigenvalue weighted by molar-refractivity contribution is 9.10. The van der Waals surface area contributed by atoms with Crippen LogP contribution in [0, 0.1) is 13.8 Å². The SMILES string of the molecule is COc1cc(Br)c(C=O)cc1OCC(=O)Nc1c(C)nn(C)c1C. The standard InChI is InChI=1S/C16H18BrN3O4/c1-9-16(10(2)20(3)19-9)18-15(22)8-24-14-5-11(7-21)12(17)6-13(14)23-4/h5-7H,8H2,1-4H3,(H,18,22). The van der Waals surface area contributed by atoms with E-state index in [0.29, 0.717) is 33.5 Å². The maximum absolute atomic E-state index is 12.1. The smallest absolute Gasteiger partial charge is 0.262 e. The van der Waals surface area contributed by atoms with Gasteiger partial charge in [0.05, 0.1) is 24.2 Å². The second-order valence-corrected chi connectivity index (χ2v) is 6.00. The highest BCUT2D eigenvalue weighted by atomic mass is 79.9. The molecule has 2 aromatic rings. The molecule has 1 aromatic heterocycles. The lowest BCUT2D eigenvalue weighted by Gasteiger charge is -2.12. The Bertz CT molecular complexity index is 786. The maximum Gasteiger partial charge on any atom is 0.262 e. The Morgan fingerprint density at radius 1 is 1.38 bits per heavy atom. The minimum Gasteiger partial charge on any atom is -0.493 e. The van der Waals surface area contributed by atoms with Crippen LogP contribution in [-0.2, 0) is 11.8 Å². The largest absolute Gasteiger partial charge is 0.493 e. The molecule has 0 fully saturated rings. The molecule has 7 nitrogen and oxygen atoms in total. The molecule has 0 atom stereocenters. The van der Waals surface area contributed by atoms with Crippen LogP contribution in [0.2, 0.25) is 0 Å². The van der Waals surface area contributed by atoms with Crippen molar-refractivity contribution in [1.82, 2.24) is 9.78 Å². The third kappa shape index (κ3) is 3.76. The van der Waals surface area contributed by atoms with Gasteiger partial charge in [-0.2, -0.15) is 5.10 Å². The molecule has 1 N–H and O–H groups in total. The van der Waals surface area contributed by atoms with E-state index >= 15 is 0 Å². The van der Waals surface area contributed by atoms with Crippen LogP contribution in [0.5, 0.6) is 11.5 Å². The zero-order valence-corrected chi connectivity index (χ0v) is 15.4. The molecule has 2 rings (SSSR count). The summed E-state index contributed by atoms with van der Waals surface area (Å²) >= 11 is 3.27. The van der Waals surface area contributed by atoms with Crippen LogP contribution < -0.4 is 14.8 Å². The van der Waals surface area contributed by atoms with Crippen molar-refractivity contribution in [3.05, 3.63) is 33.6 Å². The summed E-state index contributed by atoms with van der Waals surface area (Å²) in [6.07, 6.45) is 0.693. The molecular weight excluding hydrogens is 378 g/mol. The van der Waals surface area contributed by atoms with Gasteiger partial charge in [0.1, 0.15) is 0 Å². The van der Waals surface area contributed by atoms with Crippen LogP contribution >= 0.6 is 15.9 Å². The maximum atomic E-state index is 12.1. The van der Waals surface area contributed by atoms with Gasteiger partial charge in [0.25, 0.3) is 5.91 Å². The lowest BCUT2D eigenvalue weighted by atomic mass is 10.2. The molecule has 8 heteroatoms. The molecule has 0 bridgehead atoms. The Morgan fingerprint density at radius 2 is 2.08 bits per heavy atom. The number of carbonyl (C=O) groups is 2. The Morgan fingerprint density at radius 3 is 2.62 bits per heavy atom. The first-order chi connectivity index (χ1) is 11.4. The predicted molar refractivity (Wildman–Crippen MR) is 92.9 cm³/mol. The van der Waals surface area contributed by atoms with E-state index in [-0.39, 0.29) is 12.5 Å². The number of halogens is 1. The van der Waals surface area contributed by atoms with E-state index in [4.69, 9.17) is 9.47 Å². The molecule has 0 aliphatic rings. The third-order valence-corrected chi connectivity index (χ3v) is 4.23. The van der Waals surface area contributed by atoms with E-state index in [1.54, 1.807) is 10.7 Å². The number of nitrogens with one attached hydrogen (secondary N) is 1. The molecule has 0 spiro atoms.